The normalized spacial score (nSPS) is 12.2. The van der Waals surface area contributed by atoms with Crippen molar-refractivity contribution in [2.45, 2.75) is 5.92 Å². The third-order valence-electron chi connectivity index (χ3n) is 1.71. The molecule has 1 atom stereocenters. The van der Waals surface area contributed by atoms with Gasteiger partial charge in [0.1, 0.15) is 0 Å². The van der Waals surface area contributed by atoms with Crippen molar-refractivity contribution < 1.29 is 4.39 Å². The zero-order valence-electron chi connectivity index (χ0n) is 6.93. The first-order chi connectivity index (χ1) is 6.17. The first-order valence-electron chi connectivity index (χ1n) is 3.77. The monoisotopic (exact) mass is 288 g/mol. The van der Waals surface area contributed by atoms with Crippen LogP contribution in [0.2, 0.25) is 0 Å². The van der Waals surface area contributed by atoms with Crippen LogP contribution >= 0.6 is 22.6 Å². The average molecular weight is 288 g/mol. The summed E-state index contributed by atoms with van der Waals surface area (Å²) in [6, 6.07) is 7.32. The van der Waals surface area contributed by atoms with Gasteiger partial charge in [-0.2, -0.15) is 5.26 Å². The van der Waals surface area contributed by atoms with Crippen LogP contribution in [-0.4, -0.2) is 6.67 Å². The number of benzene rings is 1. The molecule has 67 valence electrons. The van der Waals surface area contributed by atoms with Gasteiger partial charge >= 0.3 is 0 Å². The van der Waals surface area contributed by atoms with Gasteiger partial charge in [0.15, 0.2) is 0 Å². The molecule has 0 saturated carbocycles. The molecule has 0 N–H and O–H groups in total. The molecule has 0 aromatic heterocycles. The SMILES string of the molecule is [CH2]C(CF)c1cc(I)cc(C#N)c1. The van der Waals surface area contributed by atoms with Gasteiger partial charge < -0.3 is 0 Å². The minimum absolute atomic E-state index is 0.373. The number of rotatable bonds is 2. The number of hydrogen-bond donors (Lipinski definition) is 0. The molecule has 1 unspecified atom stereocenters. The van der Waals surface area contributed by atoms with E-state index >= 15 is 0 Å². The second-order valence-electron chi connectivity index (χ2n) is 2.74. The number of nitriles is 1. The van der Waals surface area contributed by atoms with Crippen molar-refractivity contribution >= 4 is 22.6 Å². The van der Waals surface area contributed by atoms with Crippen molar-refractivity contribution in [3.63, 3.8) is 0 Å². The lowest BCUT2D eigenvalue weighted by atomic mass is 10.0. The van der Waals surface area contributed by atoms with Crippen LogP contribution in [0.1, 0.15) is 17.0 Å². The summed E-state index contributed by atoms with van der Waals surface area (Å²) in [6.07, 6.45) is 0. The Hall–Kier alpha value is -0.630. The van der Waals surface area contributed by atoms with E-state index in [2.05, 4.69) is 29.5 Å². The second kappa shape index (κ2) is 4.56. The number of nitrogens with zero attached hydrogens (tertiary/aromatic N) is 1. The number of halogens is 2. The Morgan fingerprint density at radius 1 is 1.54 bits per heavy atom. The molecule has 1 radical (unpaired) electrons. The molecule has 0 aliphatic carbocycles. The third-order valence-corrected chi connectivity index (χ3v) is 2.33. The maximum Gasteiger partial charge on any atom is 0.0992 e. The van der Waals surface area contributed by atoms with Gasteiger partial charge in [-0.25, -0.2) is 0 Å². The highest BCUT2D eigenvalue weighted by atomic mass is 127. The van der Waals surface area contributed by atoms with E-state index in [0.717, 1.165) is 9.13 Å². The predicted octanol–water partition coefficient (Wildman–Crippen LogP) is 3.05. The lowest BCUT2D eigenvalue weighted by molar-refractivity contribution is 0.465. The number of alkyl halides is 1. The van der Waals surface area contributed by atoms with Gasteiger partial charge in [-0.05, 0) is 53.3 Å². The van der Waals surface area contributed by atoms with E-state index < -0.39 is 6.67 Å². The molecule has 0 saturated heterocycles. The maximum atomic E-state index is 12.3. The molecule has 0 spiro atoms. The Kier molecular flexibility index (Phi) is 3.67. The molecule has 0 heterocycles. The minimum atomic E-state index is -0.495. The van der Waals surface area contributed by atoms with Crippen molar-refractivity contribution in [1.29, 1.82) is 5.26 Å². The molecular weight excluding hydrogens is 280 g/mol. The van der Waals surface area contributed by atoms with E-state index in [-0.39, 0.29) is 5.92 Å². The Balaban J connectivity index is 3.10. The molecule has 0 aliphatic rings. The fraction of sp³-hybridized carbons (Fsp3) is 0.200. The number of hydrogen-bond acceptors (Lipinski definition) is 1. The third kappa shape index (κ3) is 2.66. The van der Waals surface area contributed by atoms with E-state index in [4.69, 9.17) is 5.26 Å². The van der Waals surface area contributed by atoms with Crippen molar-refractivity contribution in [2.75, 3.05) is 6.67 Å². The fourth-order valence-corrected chi connectivity index (χ4v) is 1.70. The Morgan fingerprint density at radius 2 is 2.23 bits per heavy atom. The van der Waals surface area contributed by atoms with Crippen LogP contribution in [0.3, 0.4) is 0 Å². The van der Waals surface area contributed by atoms with Crippen LogP contribution < -0.4 is 0 Å². The van der Waals surface area contributed by atoms with Gasteiger partial charge in [0, 0.05) is 9.49 Å². The molecular formula is C10H8FIN. The van der Waals surface area contributed by atoms with Gasteiger partial charge in [-0.1, -0.05) is 0 Å². The van der Waals surface area contributed by atoms with E-state index in [9.17, 15) is 4.39 Å². The maximum absolute atomic E-state index is 12.3. The van der Waals surface area contributed by atoms with Gasteiger partial charge in [0.05, 0.1) is 18.3 Å². The smallest absolute Gasteiger partial charge is 0.0992 e. The van der Waals surface area contributed by atoms with E-state index in [0.29, 0.717) is 5.56 Å². The summed E-state index contributed by atoms with van der Waals surface area (Å²) in [5, 5.41) is 8.67. The van der Waals surface area contributed by atoms with Gasteiger partial charge in [-0.3, -0.25) is 4.39 Å². The summed E-state index contributed by atoms with van der Waals surface area (Å²) in [7, 11) is 0. The summed E-state index contributed by atoms with van der Waals surface area (Å²) in [4.78, 5) is 0. The largest absolute Gasteiger partial charge is 0.250 e. The summed E-state index contributed by atoms with van der Waals surface area (Å²) < 4.78 is 13.2. The summed E-state index contributed by atoms with van der Waals surface area (Å²) in [6.45, 7) is 3.16. The molecule has 0 amide bonds. The highest BCUT2D eigenvalue weighted by molar-refractivity contribution is 14.1. The molecule has 1 rings (SSSR count). The van der Waals surface area contributed by atoms with Crippen molar-refractivity contribution in [3.8, 4) is 6.07 Å². The van der Waals surface area contributed by atoms with Gasteiger partial charge in [0.25, 0.3) is 0 Å². The molecule has 13 heavy (non-hydrogen) atoms. The van der Waals surface area contributed by atoms with Crippen LogP contribution in [-0.2, 0) is 0 Å². The van der Waals surface area contributed by atoms with Crippen LogP contribution in [0.4, 0.5) is 4.39 Å². The zero-order valence-corrected chi connectivity index (χ0v) is 9.08. The first-order valence-corrected chi connectivity index (χ1v) is 4.85. The lowest BCUT2D eigenvalue weighted by Gasteiger charge is -2.07. The highest BCUT2D eigenvalue weighted by Gasteiger charge is 2.06. The predicted molar refractivity (Wildman–Crippen MR) is 57.9 cm³/mol. The van der Waals surface area contributed by atoms with Crippen LogP contribution in [0, 0.1) is 21.8 Å². The van der Waals surface area contributed by atoms with Crippen LogP contribution in [0.15, 0.2) is 18.2 Å². The Bertz CT molecular complexity index is 343. The average Bonchev–Trinajstić information content (AvgIpc) is 2.15. The van der Waals surface area contributed by atoms with Gasteiger partial charge in [-0.15, -0.1) is 0 Å². The summed E-state index contributed by atoms with van der Waals surface area (Å²) >= 11 is 2.10. The highest BCUT2D eigenvalue weighted by Crippen LogP contribution is 2.19. The lowest BCUT2D eigenvalue weighted by Crippen LogP contribution is -1.97. The summed E-state index contributed by atoms with van der Waals surface area (Å²) in [5.41, 5.74) is 1.34. The quantitative estimate of drug-likeness (QED) is 0.767. The van der Waals surface area contributed by atoms with Crippen molar-refractivity contribution in [3.05, 3.63) is 39.8 Å². The minimum Gasteiger partial charge on any atom is -0.250 e. The topological polar surface area (TPSA) is 23.8 Å². The molecule has 0 fully saturated rings. The molecule has 0 bridgehead atoms. The Morgan fingerprint density at radius 3 is 2.77 bits per heavy atom. The summed E-state index contributed by atoms with van der Waals surface area (Å²) in [5.74, 6) is -0.373. The van der Waals surface area contributed by atoms with Gasteiger partial charge in [0.2, 0.25) is 0 Å². The molecule has 1 aromatic carbocycles. The zero-order chi connectivity index (χ0) is 9.84. The van der Waals surface area contributed by atoms with Crippen LogP contribution in [0.25, 0.3) is 0 Å². The van der Waals surface area contributed by atoms with Crippen LogP contribution in [0.5, 0.6) is 0 Å². The van der Waals surface area contributed by atoms with E-state index in [1.165, 1.54) is 0 Å². The fourth-order valence-electron chi connectivity index (χ4n) is 1.00. The molecule has 3 heteroatoms. The molecule has 1 nitrogen and oxygen atoms in total. The van der Waals surface area contributed by atoms with E-state index in [1.807, 2.05) is 12.1 Å². The van der Waals surface area contributed by atoms with Crippen molar-refractivity contribution in [2.24, 2.45) is 0 Å². The van der Waals surface area contributed by atoms with Crippen molar-refractivity contribution in [1.82, 2.24) is 0 Å². The Labute approximate surface area is 90.7 Å². The standard InChI is InChI=1S/C10H8FIN/c1-7(5-11)9-2-8(6-13)3-10(12)4-9/h2-4,7H,1,5H2. The first kappa shape index (κ1) is 10.5. The molecule has 0 aliphatic heterocycles. The van der Waals surface area contributed by atoms with E-state index in [1.54, 1.807) is 12.1 Å². The second-order valence-corrected chi connectivity index (χ2v) is 3.98. The molecule has 1 aromatic rings.